The largest absolute Gasteiger partial charge is 0.377 e. The first-order valence-electron chi connectivity index (χ1n) is 9.20. The van der Waals surface area contributed by atoms with Crippen LogP contribution in [0.4, 0.5) is 5.69 Å². The number of amides is 1. The summed E-state index contributed by atoms with van der Waals surface area (Å²) in [4.78, 5) is 18.5. The van der Waals surface area contributed by atoms with Crippen LogP contribution in [0.3, 0.4) is 0 Å². The molecule has 2 heterocycles. The second kappa shape index (κ2) is 9.26. The molecule has 1 fully saturated rings. The fourth-order valence-electron chi connectivity index (χ4n) is 3.17. The van der Waals surface area contributed by atoms with Gasteiger partial charge in [0.15, 0.2) is 0 Å². The average molecular weight is 364 g/mol. The predicted octanol–water partition coefficient (Wildman–Crippen LogP) is 3.21. The molecule has 0 unspecified atom stereocenters. The van der Waals surface area contributed by atoms with Crippen molar-refractivity contribution in [3.8, 4) is 6.07 Å². The van der Waals surface area contributed by atoms with Gasteiger partial charge in [-0.3, -0.25) is 9.69 Å². The SMILES string of the molecule is CN(Cc1ccc(C(=O)Nc2ccc(C#N)nc2)cc1)C[C@H]1CCCCO1. The number of benzene rings is 1. The summed E-state index contributed by atoms with van der Waals surface area (Å²) >= 11 is 0. The number of anilines is 1. The highest BCUT2D eigenvalue weighted by molar-refractivity contribution is 6.04. The Morgan fingerprint density at radius 1 is 1.30 bits per heavy atom. The molecule has 0 saturated carbocycles. The molecule has 140 valence electrons. The molecular formula is C21H24N4O2. The van der Waals surface area contributed by atoms with Gasteiger partial charge in [0.05, 0.1) is 18.0 Å². The van der Waals surface area contributed by atoms with E-state index >= 15 is 0 Å². The van der Waals surface area contributed by atoms with Crippen LogP contribution in [-0.4, -0.2) is 42.1 Å². The fraction of sp³-hybridized carbons (Fsp3) is 0.381. The third-order valence-electron chi connectivity index (χ3n) is 4.59. The molecule has 1 amide bonds. The Morgan fingerprint density at radius 2 is 2.11 bits per heavy atom. The quantitative estimate of drug-likeness (QED) is 0.851. The van der Waals surface area contributed by atoms with Crippen LogP contribution in [-0.2, 0) is 11.3 Å². The second-order valence-corrected chi connectivity index (χ2v) is 6.88. The summed E-state index contributed by atoms with van der Waals surface area (Å²) in [5.74, 6) is -0.197. The Balaban J connectivity index is 1.52. The number of rotatable bonds is 6. The van der Waals surface area contributed by atoms with E-state index in [-0.39, 0.29) is 5.91 Å². The van der Waals surface area contributed by atoms with E-state index in [1.54, 1.807) is 12.1 Å². The third kappa shape index (κ3) is 5.61. The van der Waals surface area contributed by atoms with Crippen LogP contribution >= 0.6 is 0 Å². The third-order valence-corrected chi connectivity index (χ3v) is 4.59. The molecule has 0 spiro atoms. The van der Waals surface area contributed by atoms with E-state index in [2.05, 4.69) is 22.2 Å². The molecular weight excluding hydrogens is 340 g/mol. The summed E-state index contributed by atoms with van der Waals surface area (Å²) in [6.07, 6.45) is 5.36. The molecule has 0 aliphatic carbocycles. The summed E-state index contributed by atoms with van der Waals surface area (Å²) in [7, 11) is 2.09. The van der Waals surface area contributed by atoms with Crippen molar-refractivity contribution in [2.75, 3.05) is 25.5 Å². The lowest BCUT2D eigenvalue weighted by Gasteiger charge is -2.27. The molecule has 1 N–H and O–H groups in total. The van der Waals surface area contributed by atoms with Gasteiger partial charge in [0.1, 0.15) is 11.8 Å². The van der Waals surface area contributed by atoms with Crippen LogP contribution < -0.4 is 5.32 Å². The Hall–Kier alpha value is -2.75. The van der Waals surface area contributed by atoms with E-state index in [1.165, 1.54) is 19.0 Å². The molecule has 1 aromatic heterocycles. The van der Waals surface area contributed by atoms with E-state index in [1.807, 2.05) is 30.3 Å². The Labute approximate surface area is 159 Å². The number of carbonyl (C=O) groups is 1. The summed E-state index contributed by atoms with van der Waals surface area (Å²) in [5.41, 5.74) is 2.63. The lowest BCUT2D eigenvalue weighted by molar-refractivity contribution is -0.00259. The van der Waals surface area contributed by atoms with Gasteiger partial charge in [0, 0.05) is 25.3 Å². The van der Waals surface area contributed by atoms with Crippen molar-refractivity contribution < 1.29 is 9.53 Å². The fourth-order valence-corrected chi connectivity index (χ4v) is 3.17. The van der Waals surface area contributed by atoms with Gasteiger partial charge in [0.2, 0.25) is 0 Å². The van der Waals surface area contributed by atoms with Gasteiger partial charge in [-0.15, -0.1) is 0 Å². The monoisotopic (exact) mass is 364 g/mol. The zero-order valence-electron chi connectivity index (χ0n) is 15.5. The van der Waals surface area contributed by atoms with Crippen LogP contribution in [0.15, 0.2) is 42.6 Å². The summed E-state index contributed by atoms with van der Waals surface area (Å²) < 4.78 is 5.79. The molecule has 0 radical (unpaired) electrons. The number of hydrogen-bond donors (Lipinski definition) is 1. The number of nitrogens with one attached hydrogen (secondary N) is 1. The lowest BCUT2D eigenvalue weighted by atomic mass is 10.1. The molecule has 6 heteroatoms. The van der Waals surface area contributed by atoms with Crippen LogP contribution in [0.25, 0.3) is 0 Å². The van der Waals surface area contributed by atoms with Crippen LogP contribution in [0.5, 0.6) is 0 Å². The first kappa shape index (κ1) is 19.0. The molecule has 6 nitrogen and oxygen atoms in total. The number of hydrogen-bond acceptors (Lipinski definition) is 5. The molecule has 0 bridgehead atoms. The van der Waals surface area contributed by atoms with Gasteiger partial charge >= 0.3 is 0 Å². The van der Waals surface area contributed by atoms with Crippen LogP contribution in [0.1, 0.15) is 40.9 Å². The number of pyridine rings is 1. The highest BCUT2D eigenvalue weighted by Crippen LogP contribution is 2.15. The molecule has 3 rings (SSSR count). The predicted molar refractivity (Wildman–Crippen MR) is 103 cm³/mol. The van der Waals surface area contributed by atoms with Gasteiger partial charge in [0.25, 0.3) is 5.91 Å². The summed E-state index contributed by atoms with van der Waals surface area (Å²) in [5, 5.41) is 11.5. The first-order chi connectivity index (χ1) is 13.1. The molecule has 1 aliphatic rings. The Kier molecular flexibility index (Phi) is 6.53. The number of nitriles is 1. The molecule has 27 heavy (non-hydrogen) atoms. The van der Waals surface area contributed by atoms with E-state index in [0.29, 0.717) is 23.0 Å². The topological polar surface area (TPSA) is 78.3 Å². The number of carbonyl (C=O) groups excluding carboxylic acids is 1. The van der Waals surface area contributed by atoms with Gasteiger partial charge in [-0.1, -0.05) is 12.1 Å². The maximum Gasteiger partial charge on any atom is 0.255 e. The Morgan fingerprint density at radius 3 is 2.74 bits per heavy atom. The van der Waals surface area contributed by atoms with Crippen molar-refractivity contribution in [2.24, 2.45) is 0 Å². The van der Waals surface area contributed by atoms with Gasteiger partial charge < -0.3 is 10.1 Å². The van der Waals surface area contributed by atoms with Crippen LogP contribution in [0, 0.1) is 11.3 Å². The molecule has 1 aliphatic heterocycles. The minimum atomic E-state index is -0.197. The molecule has 1 saturated heterocycles. The maximum absolute atomic E-state index is 12.3. The highest BCUT2D eigenvalue weighted by atomic mass is 16.5. The minimum absolute atomic E-state index is 0.197. The zero-order valence-corrected chi connectivity index (χ0v) is 15.5. The number of ether oxygens (including phenoxy) is 1. The number of aromatic nitrogens is 1. The molecule has 1 atom stereocenters. The number of nitrogens with zero attached hydrogens (tertiary/aromatic N) is 3. The van der Waals surface area contributed by atoms with Gasteiger partial charge in [-0.05, 0) is 56.1 Å². The van der Waals surface area contributed by atoms with Crippen molar-refractivity contribution in [1.82, 2.24) is 9.88 Å². The Bertz CT molecular complexity index is 790. The van der Waals surface area contributed by atoms with E-state index in [0.717, 1.165) is 31.7 Å². The van der Waals surface area contributed by atoms with Crippen molar-refractivity contribution in [3.63, 3.8) is 0 Å². The van der Waals surface area contributed by atoms with Crippen molar-refractivity contribution in [3.05, 3.63) is 59.4 Å². The smallest absolute Gasteiger partial charge is 0.255 e. The highest BCUT2D eigenvalue weighted by Gasteiger charge is 2.16. The molecule has 2 aromatic rings. The van der Waals surface area contributed by atoms with Crippen molar-refractivity contribution in [2.45, 2.75) is 31.9 Å². The average Bonchev–Trinajstić information content (AvgIpc) is 2.70. The van der Waals surface area contributed by atoms with E-state index < -0.39 is 0 Å². The number of likely N-dealkylation sites (N-methyl/N-ethyl adjacent to an activating group) is 1. The maximum atomic E-state index is 12.3. The summed E-state index contributed by atoms with van der Waals surface area (Å²) in [6.45, 7) is 2.62. The van der Waals surface area contributed by atoms with Crippen molar-refractivity contribution in [1.29, 1.82) is 5.26 Å². The van der Waals surface area contributed by atoms with Crippen LogP contribution in [0.2, 0.25) is 0 Å². The second-order valence-electron chi connectivity index (χ2n) is 6.88. The first-order valence-corrected chi connectivity index (χ1v) is 9.20. The van der Waals surface area contributed by atoms with Gasteiger partial charge in [-0.25, -0.2) is 4.98 Å². The normalized spacial score (nSPS) is 16.7. The zero-order chi connectivity index (χ0) is 19.1. The standard InChI is InChI=1S/C21H24N4O2/c1-25(15-20-4-2-3-11-27-20)14-16-5-7-17(8-6-16)21(26)24-19-10-9-18(12-22)23-13-19/h5-10,13,20H,2-4,11,14-15H2,1H3,(H,24,26)/t20-/m1/s1. The van der Waals surface area contributed by atoms with E-state index in [4.69, 9.17) is 10.00 Å². The lowest BCUT2D eigenvalue weighted by Crippen LogP contribution is -2.33. The van der Waals surface area contributed by atoms with E-state index in [9.17, 15) is 4.79 Å². The molecule has 1 aromatic carbocycles. The van der Waals surface area contributed by atoms with Gasteiger partial charge in [-0.2, -0.15) is 5.26 Å². The minimum Gasteiger partial charge on any atom is -0.377 e. The summed E-state index contributed by atoms with van der Waals surface area (Å²) in [6, 6.07) is 12.8. The van der Waals surface area contributed by atoms with Crippen molar-refractivity contribution >= 4 is 11.6 Å².